The first kappa shape index (κ1) is 50.7. The average molecular weight is 842 g/mol. The fourth-order valence-electron chi connectivity index (χ4n) is 8.59. The predicted molar refractivity (Wildman–Crippen MR) is 218 cm³/mol. The molecule has 2 rings (SSSR count). The average Bonchev–Trinajstić information content (AvgIpc) is 3.12. The monoisotopic (exact) mass is 842 g/mol. The summed E-state index contributed by atoms with van der Waals surface area (Å²) < 4.78 is 37.2. The summed E-state index contributed by atoms with van der Waals surface area (Å²) in [5, 5.41) is 14.1. The number of hydrogen-bond acceptors (Lipinski definition) is 13. The second kappa shape index (κ2) is 22.8. The number of rotatable bonds is 20. The molecule has 0 saturated heterocycles. The van der Waals surface area contributed by atoms with Crippen LogP contribution in [0.1, 0.15) is 107 Å². The number of nitrogens with one attached hydrogen (secondary N) is 5. The molecule has 0 aromatic rings. The Bertz CT molecular complexity index is 1450. The minimum atomic E-state index is -1.10. The lowest BCUT2D eigenvalue weighted by Gasteiger charge is -2.46. The molecule has 5 unspecified atom stereocenters. The van der Waals surface area contributed by atoms with Crippen LogP contribution in [0.4, 0.5) is 24.0 Å². The Morgan fingerprint density at radius 1 is 0.593 bits per heavy atom. The molecule has 0 radical (unpaired) electrons. The molecule has 2 fully saturated rings. The fourth-order valence-corrected chi connectivity index (χ4v) is 8.59. The Morgan fingerprint density at radius 2 is 0.983 bits per heavy atom. The van der Waals surface area contributed by atoms with Gasteiger partial charge in [0.05, 0.1) is 0 Å². The summed E-state index contributed by atoms with van der Waals surface area (Å²) in [4.78, 5) is 73.9. The van der Waals surface area contributed by atoms with Crippen LogP contribution in [0.25, 0.3) is 0 Å². The quantitative estimate of drug-likeness (QED) is 0.0428. The highest BCUT2D eigenvalue weighted by Gasteiger charge is 2.44. The first-order valence-electron chi connectivity index (χ1n) is 20.4. The number of carbonyl (C=O) groups excluding carboxylic acids is 6. The van der Waals surface area contributed by atoms with Gasteiger partial charge in [0.2, 0.25) is 0 Å². The van der Waals surface area contributed by atoms with E-state index < -0.39 is 42.0 Å². The van der Waals surface area contributed by atoms with Crippen LogP contribution in [0.3, 0.4) is 0 Å². The van der Waals surface area contributed by atoms with Crippen LogP contribution in [0.5, 0.6) is 0 Å². The van der Waals surface area contributed by atoms with Crippen molar-refractivity contribution in [1.82, 2.24) is 26.6 Å². The lowest BCUT2D eigenvalue weighted by Crippen LogP contribution is -2.51. The van der Waals surface area contributed by atoms with E-state index in [9.17, 15) is 28.8 Å². The van der Waals surface area contributed by atoms with Gasteiger partial charge in [0, 0.05) is 44.4 Å². The van der Waals surface area contributed by atoms with Gasteiger partial charge in [0.15, 0.2) is 0 Å². The van der Waals surface area contributed by atoms with Gasteiger partial charge in [-0.1, -0.05) is 55.0 Å². The number of alkyl carbamates (subject to hydrolysis) is 5. The van der Waals surface area contributed by atoms with Crippen LogP contribution < -0.4 is 26.6 Å². The first-order valence-corrected chi connectivity index (χ1v) is 20.4. The number of esters is 1. The molecule has 5 N–H and O–H groups in total. The zero-order valence-electron chi connectivity index (χ0n) is 37.0. The molecular formula is C41H71N5O13. The molecular weight excluding hydrogens is 770 g/mol. The molecule has 0 heterocycles. The highest BCUT2D eigenvalue weighted by Crippen LogP contribution is 2.47. The van der Waals surface area contributed by atoms with Crippen molar-refractivity contribution in [2.45, 2.75) is 125 Å². The van der Waals surface area contributed by atoms with Crippen LogP contribution >= 0.6 is 0 Å². The second-order valence-corrected chi connectivity index (χ2v) is 18.3. The zero-order chi connectivity index (χ0) is 44.5. The Hall–Kier alpha value is -4.48. The molecule has 338 valence electrons. The van der Waals surface area contributed by atoms with Gasteiger partial charge in [-0.3, -0.25) is 0 Å². The third kappa shape index (κ3) is 19.0. The first-order chi connectivity index (χ1) is 27.5. The molecule has 2 aliphatic carbocycles. The van der Waals surface area contributed by atoms with Crippen molar-refractivity contribution in [1.29, 1.82) is 0 Å². The van der Waals surface area contributed by atoms with E-state index in [1.807, 2.05) is 20.8 Å². The third-order valence-corrected chi connectivity index (χ3v) is 10.6. The van der Waals surface area contributed by atoms with E-state index in [1.54, 1.807) is 6.92 Å². The van der Waals surface area contributed by atoms with Crippen molar-refractivity contribution >= 4 is 36.4 Å². The van der Waals surface area contributed by atoms with Crippen LogP contribution in [-0.2, 0) is 38.0 Å². The molecule has 2 aliphatic rings. The third-order valence-electron chi connectivity index (χ3n) is 10.6. The minimum Gasteiger partial charge on any atom is -0.459 e. The lowest BCUT2D eigenvalue weighted by molar-refractivity contribution is -0.139. The van der Waals surface area contributed by atoms with Gasteiger partial charge in [-0.05, 0) is 80.5 Å². The molecule has 0 aliphatic heterocycles. The molecule has 59 heavy (non-hydrogen) atoms. The van der Waals surface area contributed by atoms with Crippen LogP contribution in [-0.4, -0.2) is 121 Å². The van der Waals surface area contributed by atoms with E-state index in [4.69, 9.17) is 33.2 Å². The Labute approximate surface area is 349 Å². The molecule has 0 spiro atoms. The van der Waals surface area contributed by atoms with Crippen molar-refractivity contribution in [2.24, 2.45) is 21.7 Å². The van der Waals surface area contributed by atoms with Gasteiger partial charge in [-0.2, -0.15) is 0 Å². The number of ether oxygens (including phenoxy) is 7. The number of hydrogen-bond donors (Lipinski definition) is 5. The lowest BCUT2D eigenvalue weighted by atomic mass is 9.62. The number of methoxy groups -OCH3 is 1. The molecule has 5 atom stereocenters. The summed E-state index contributed by atoms with van der Waals surface area (Å²) in [5.41, 5.74) is -1.90. The van der Waals surface area contributed by atoms with Crippen molar-refractivity contribution in [3.8, 4) is 0 Å². The Balaban J connectivity index is 1.85. The summed E-state index contributed by atoms with van der Waals surface area (Å²) in [6.45, 7) is 21.5. The summed E-state index contributed by atoms with van der Waals surface area (Å²) in [6.07, 6.45) is 1.38. The van der Waals surface area contributed by atoms with Gasteiger partial charge < -0.3 is 59.7 Å². The summed E-state index contributed by atoms with van der Waals surface area (Å²) in [6, 6.07) is -0.461. The SMILES string of the molecule is C=C(C)C(=O)OCCOC(=O)NCC1(C)CC(NC(=O)OCC(CC)(COC(=O)NCC2(C)CC(NC(=O)OCCOC(=O)NCC)CC(C)(C)C2)OC)CC(C)(C)C1. The van der Waals surface area contributed by atoms with E-state index in [1.165, 1.54) is 14.0 Å². The molecule has 5 amide bonds. The van der Waals surface area contributed by atoms with E-state index >= 15 is 0 Å². The maximum Gasteiger partial charge on any atom is 0.407 e. The fraction of sp³-hybridized carbons (Fsp3) is 0.805. The minimum absolute atomic E-state index is 0.0676. The highest BCUT2D eigenvalue weighted by atomic mass is 16.6. The van der Waals surface area contributed by atoms with Gasteiger partial charge in [-0.15, -0.1) is 0 Å². The molecule has 0 bridgehead atoms. The van der Waals surface area contributed by atoms with Crippen LogP contribution in [0.15, 0.2) is 12.2 Å². The predicted octanol–water partition coefficient (Wildman–Crippen LogP) is 5.72. The van der Waals surface area contributed by atoms with Crippen molar-refractivity contribution in [3.05, 3.63) is 12.2 Å². The number of amides is 5. The van der Waals surface area contributed by atoms with E-state index in [0.29, 0.717) is 45.2 Å². The number of carbonyl (C=O) groups is 6. The second-order valence-electron chi connectivity index (χ2n) is 18.3. The molecule has 18 heteroatoms. The van der Waals surface area contributed by atoms with Gasteiger partial charge in [0.1, 0.15) is 45.2 Å². The van der Waals surface area contributed by atoms with Crippen molar-refractivity contribution < 1.29 is 61.9 Å². The van der Waals surface area contributed by atoms with Crippen molar-refractivity contribution in [2.75, 3.05) is 66.4 Å². The van der Waals surface area contributed by atoms with Crippen LogP contribution in [0, 0.1) is 21.7 Å². The van der Waals surface area contributed by atoms with Gasteiger partial charge in [0.25, 0.3) is 0 Å². The normalized spacial score (nSPS) is 24.1. The van der Waals surface area contributed by atoms with Crippen LogP contribution in [0.2, 0.25) is 0 Å². The zero-order valence-corrected chi connectivity index (χ0v) is 37.0. The highest BCUT2D eigenvalue weighted by molar-refractivity contribution is 5.86. The van der Waals surface area contributed by atoms with E-state index in [2.05, 4.69) is 60.9 Å². The standard InChI is InChI=1S/C41H71N5O13/c1-12-41(53-11,26-58-34(50)44-25-40(10)20-29(18-37(5,6)23-40)45-35(51)57-17-16-55-32(48)42-13-2)27-59-36(52)46-30-19-38(7,8)22-39(9,21-30)24-43-33(49)56-15-14-54-31(47)28(3)4/h29-30H,3,12-27H2,1-2,4-11H3,(H,42,48)(H,43,49)(H,44,50)(H,45,51)(H,46,52). The molecule has 0 aromatic carbocycles. The van der Waals surface area contributed by atoms with Crippen molar-refractivity contribution in [3.63, 3.8) is 0 Å². The largest absolute Gasteiger partial charge is 0.459 e. The Morgan fingerprint density at radius 3 is 1.41 bits per heavy atom. The summed E-state index contributed by atoms with van der Waals surface area (Å²) >= 11 is 0. The smallest absolute Gasteiger partial charge is 0.407 e. The molecule has 0 aromatic heterocycles. The maximum absolute atomic E-state index is 13.1. The topological polar surface area (TPSA) is 227 Å². The molecule has 2 saturated carbocycles. The molecule has 18 nitrogen and oxygen atoms in total. The Kier molecular flexibility index (Phi) is 19.6. The van der Waals surface area contributed by atoms with E-state index in [-0.39, 0.29) is 85.5 Å². The van der Waals surface area contributed by atoms with E-state index in [0.717, 1.165) is 12.8 Å². The maximum atomic E-state index is 13.1. The summed E-state index contributed by atoms with van der Waals surface area (Å²) in [5.74, 6) is -0.555. The van der Waals surface area contributed by atoms with Gasteiger partial charge >= 0.3 is 36.4 Å². The van der Waals surface area contributed by atoms with Gasteiger partial charge in [-0.25, -0.2) is 28.8 Å². The summed E-state index contributed by atoms with van der Waals surface area (Å²) in [7, 11) is 1.47.